The van der Waals surface area contributed by atoms with E-state index >= 15 is 0 Å². The van der Waals surface area contributed by atoms with Crippen LogP contribution in [-0.4, -0.2) is 66.1 Å². The van der Waals surface area contributed by atoms with Gasteiger partial charge in [0.2, 0.25) is 11.8 Å². The molecule has 218 valence electrons. The summed E-state index contributed by atoms with van der Waals surface area (Å²) in [6.45, 7) is 2.08. The van der Waals surface area contributed by atoms with Crippen LogP contribution in [0.25, 0.3) is 11.0 Å². The fourth-order valence-corrected chi connectivity index (χ4v) is 5.28. The lowest BCUT2D eigenvalue weighted by Gasteiger charge is -2.33. The molecule has 2 heterocycles. The number of para-hydroxylation sites is 3. The van der Waals surface area contributed by atoms with E-state index in [0.717, 1.165) is 12.8 Å². The van der Waals surface area contributed by atoms with E-state index in [1.807, 2.05) is 18.2 Å². The van der Waals surface area contributed by atoms with Crippen molar-refractivity contribution in [3.05, 3.63) is 77.9 Å². The number of anilines is 1. The number of nitrogens with one attached hydrogen (secondary N) is 1. The van der Waals surface area contributed by atoms with Gasteiger partial charge >= 0.3 is 0 Å². The summed E-state index contributed by atoms with van der Waals surface area (Å²) in [5, 5.41) is 11.3. The van der Waals surface area contributed by atoms with Crippen LogP contribution in [-0.2, 0) is 20.9 Å². The highest BCUT2D eigenvalue weighted by molar-refractivity contribution is 6.08. The summed E-state index contributed by atoms with van der Waals surface area (Å²) in [6, 6.07) is 17.9. The Morgan fingerprint density at radius 3 is 2.57 bits per heavy atom. The lowest BCUT2D eigenvalue weighted by Crippen LogP contribution is -2.47. The number of carbonyl (C=O) groups is 3. The van der Waals surface area contributed by atoms with E-state index in [2.05, 4.69) is 15.6 Å². The summed E-state index contributed by atoms with van der Waals surface area (Å²) < 4.78 is 18.5. The number of fused-ring (bicyclic) bond motifs is 1. The number of nitrogens with zero attached hydrogens (tertiary/aromatic N) is 4. The van der Waals surface area contributed by atoms with E-state index in [4.69, 9.17) is 14.2 Å². The fraction of sp³-hybridized carbons (Fsp3) is 0.323. The van der Waals surface area contributed by atoms with Gasteiger partial charge in [0.05, 0.1) is 31.5 Å². The van der Waals surface area contributed by atoms with Gasteiger partial charge < -0.3 is 19.5 Å². The van der Waals surface area contributed by atoms with Gasteiger partial charge in [-0.3, -0.25) is 19.3 Å². The minimum Gasteiger partial charge on any atom is -0.493 e. The fourth-order valence-electron chi connectivity index (χ4n) is 5.28. The molecular formula is C31H33N5O6. The summed E-state index contributed by atoms with van der Waals surface area (Å²) in [4.78, 5) is 42.8. The van der Waals surface area contributed by atoms with E-state index < -0.39 is 17.9 Å². The van der Waals surface area contributed by atoms with Gasteiger partial charge in [0.25, 0.3) is 0 Å². The molecule has 1 aliphatic heterocycles. The quantitative estimate of drug-likeness (QED) is 0.270. The molecule has 11 nitrogen and oxygen atoms in total. The molecule has 1 fully saturated rings. The minimum absolute atomic E-state index is 0.128. The van der Waals surface area contributed by atoms with Gasteiger partial charge in [0.1, 0.15) is 18.1 Å². The van der Waals surface area contributed by atoms with Crippen LogP contribution in [0.15, 0.2) is 66.7 Å². The van der Waals surface area contributed by atoms with E-state index in [1.54, 1.807) is 48.5 Å². The first-order valence-electron chi connectivity index (χ1n) is 13.7. The number of Topliss-reactive ketones (excluding diaryl/α,β-unsaturated/α-hetero) is 1. The third kappa shape index (κ3) is 5.82. The first-order valence-corrected chi connectivity index (χ1v) is 13.7. The second-order valence-electron chi connectivity index (χ2n) is 9.94. The SMILES string of the molecule is COc1cccc([C@H](C(=O)NC[C@H]2CCCO2)N(C(=O)Cn2nnc3ccccc32)c2ccccc2C(C)=O)c1OC. The molecule has 2 amide bonds. The molecule has 1 saturated heterocycles. The number of benzene rings is 3. The summed E-state index contributed by atoms with van der Waals surface area (Å²) in [5.74, 6) is -0.526. The predicted molar refractivity (Wildman–Crippen MR) is 156 cm³/mol. The topological polar surface area (TPSA) is 125 Å². The molecule has 0 aliphatic carbocycles. The highest BCUT2D eigenvalue weighted by Crippen LogP contribution is 2.40. The molecular weight excluding hydrogens is 538 g/mol. The Morgan fingerprint density at radius 2 is 1.83 bits per heavy atom. The monoisotopic (exact) mass is 571 g/mol. The van der Waals surface area contributed by atoms with Crippen molar-refractivity contribution in [2.75, 3.05) is 32.3 Å². The van der Waals surface area contributed by atoms with Gasteiger partial charge in [-0.1, -0.05) is 41.6 Å². The van der Waals surface area contributed by atoms with Crippen molar-refractivity contribution in [1.82, 2.24) is 20.3 Å². The van der Waals surface area contributed by atoms with Crippen LogP contribution >= 0.6 is 0 Å². The molecule has 0 spiro atoms. The van der Waals surface area contributed by atoms with Crippen molar-refractivity contribution in [2.24, 2.45) is 0 Å². The highest BCUT2D eigenvalue weighted by atomic mass is 16.5. The van der Waals surface area contributed by atoms with Crippen molar-refractivity contribution in [2.45, 2.75) is 38.5 Å². The molecule has 0 bridgehead atoms. The molecule has 42 heavy (non-hydrogen) atoms. The van der Waals surface area contributed by atoms with Gasteiger partial charge in [-0.25, -0.2) is 4.68 Å². The molecule has 4 aromatic rings. The van der Waals surface area contributed by atoms with Crippen LogP contribution in [0, 0.1) is 0 Å². The van der Waals surface area contributed by atoms with Crippen molar-refractivity contribution < 1.29 is 28.6 Å². The van der Waals surface area contributed by atoms with Crippen LogP contribution in [0.4, 0.5) is 5.69 Å². The van der Waals surface area contributed by atoms with Gasteiger partial charge in [0.15, 0.2) is 17.3 Å². The number of carbonyl (C=O) groups excluding carboxylic acids is 3. The van der Waals surface area contributed by atoms with Crippen molar-refractivity contribution >= 4 is 34.3 Å². The molecule has 0 saturated carbocycles. The lowest BCUT2D eigenvalue weighted by molar-refractivity contribution is -0.127. The third-order valence-electron chi connectivity index (χ3n) is 7.28. The zero-order valence-electron chi connectivity index (χ0n) is 23.8. The van der Waals surface area contributed by atoms with E-state index in [9.17, 15) is 14.4 Å². The summed E-state index contributed by atoms with van der Waals surface area (Å²) >= 11 is 0. The molecule has 1 aromatic heterocycles. The Kier molecular flexibility index (Phi) is 8.77. The number of hydrogen-bond donors (Lipinski definition) is 1. The Morgan fingerprint density at radius 1 is 1.05 bits per heavy atom. The maximum absolute atomic E-state index is 14.4. The Hall–Kier alpha value is -4.77. The maximum Gasteiger partial charge on any atom is 0.249 e. The van der Waals surface area contributed by atoms with Gasteiger partial charge in [-0.05, 0) is 50.1 Å². The number of amides is 2. The highest BCUT2D eigenvalue weighted by Gasteiger charge is 2.37. The Labute approximate surface area is 243 Å². The molecule has 0 unspecified atom stereocenters. The molecule has 5 rings (SSSR count). The Bertz CT molecular complexity index is 1600. The summed E-state index contributed by atoms with van der Waals surface area (Å²) in [5.41, 5.74) is 2.23. The Balaban J connectivity index is 1.66. The first-order chi connectivity index (χ1) is 20.4. The summed E-state index contributed by atoms with van der Waals surface area (Å²) in [7, 11) is 2.97. The lowest BCUT2D eigenvalue weighted by atomic mass is 9.99. The first kappa shape index (κ1) is 28.7. The predicted octanol–water partition coefficient (Wildman–Crippen LogP) is 3.72. The largest absolute Gasteiger partial charge is 0.493 e. The molecule has 11 heteroatoms. The van der Waals surface area contributed by atoms with Crippen molar-refractivity contribution in [1.29, 1.82) is 0 Å². The van der Waals surface area contributed by atoms with Gasteiger partial charge in [0, 0.05) is 24.3 Å². The maximum atomic E-state index is 14.4. The van der Waals surface area contributed by atoms with E-state index in [1.165, 1.54) is 30.7 Å². The number of ketones is 1. The van der Waals surface area contributed by atoms with Crippen molar-refractivity contribution in [3.8, 4) is 11.5 Å². The minimum atomic E-state index is -1.24. The average molecular weight is 572 g/mol. The number of methoxy groups -OCH3 is 2. The van der Waals surface area contributed by atoms with E-state index in [0.29, 0.717) is 34.7 Å². The second-order valence-corrected chi connectivity index (χ2v) is 9.94. The summed E-state index contributed by atoms with van der Waals surface area (Å²) in [6.07, 6.45) is 1.61. The number of ether oxygens (including phenoxy) is 3. The zero-order chi connectivity index (χ0) is 29.6. The molecule has 1 aliphatic rings. The van der Waals surface area contributed by atoms with Gasteiger partial charge in [-0.15, -0.1) is 5.10 Å². The number of rotatable bonds is 11. The number of hydrogen-bond acceptors (Lipinski definition) is 8. The smallest absolute Gasteiger partial charge is 0.249 e. The number of aromatic nitrogens is 3. The standard InChI is InChI=1S/C31H33N5O6/c1-20(37)22-11-4-6-14-25(22)36(28(38)19-35-26-15-7-5-13-24(26)33-34-35)29(31(39)32-18-21-10-9-17-42-21)23-12-8-16-27(40-2)30(23)41-3/h4-8,11-16,21,29H,9-10,17-19H2,1-3H3,(H,32,39)/t21-,29-/m1/s1. The molecule has 1 N–H and O–H groups in total. The van der Waals surface area contributed by atoms with Gasteiger partial charge in [-0.2, -0.15) is 0 Å². The second kappa shape index (κ2) is 12.8. The van der Waals surface area contributed by atoms with Crippen LogP contribution in [0.2, 0.25) is 0 Å². The average Bonchev–Trinajstić information content (AvgIpc) is 3.68. The van der Waals surface area contributed by atoms with E-state index in [-0.39, 0.29) is 36.2 Å². The van der Waals surface area contributed by atoms with Crippen LogP contribution < -0.4 is 19.7 Å². The zero-order valence-corrected chi connectivity index (χ0v) is 23.8. The van der Waals surface area contributed by atoms with Crippen LogP contribution in [0.3, 0.4) is 0 Å². The van der Waals surface area contributed by atoms with Crippen LogP contribution in [0.1, 0.15) is 41.7 Å². The molecule has 3 aromatic carbocycles. The molecule has 2 atom stereocenters. The van der Waals surface area contributed by atoms with Crippen LogP contribution in [0.5, 0.6) is 11.5 Å². The van der Waals surface area contributed by atoms with Crippen molar-refractivity contribution in [3.63, 3.8) is 0 Å². The molecule has 0 radical (unpaired) electrons. The third-order valence-corrected chi connectivity index (χ3v) is 7.28. The normalized spacial score (nSPS) is 15.3.